The van der Waals surface area contributed by atoms with E-state index in [2.05, 4.69) is 33.9 Å². The van der Waals surface area contributed by atoms with E-state index in [-0.39, 0.29) is 12.0 Å². The summed E-state index contributed by atoms with van der Waals surface area (Å²) in [6.07, 6.45) is 3.15. The van der Waals surface area contributed by atoms with Gasteiger partial charge in [-0.2, -0.15) is 0 Å². The van der Waals surface area contributed by atoms with E-state index in [0.29, 0.717) is 13.2 Å². The third-order valence-corrected chi connectivity index (χ3v) is 4.49. The lowest BCUT2D eigenvalue weighted by Gasteiger charge is -2.42. The van der Waals surface area contributed by atoms with Crippen LogP contribution in [-0.4, -0.2) is 37.4 Å². The number of carbonyl (C=O) groups is 2. The Kier molecular flexibility index (Phi) is 8.41. The third kappa shape index (κ3) is 6.87. The molecule has 0 aromatic rings. The molecule has 24 heavy (non-hydrogen) atoms. The second kappa shape index (κ2) is 9.02. The van der Waals surface area contributed by atoms with Gasteiger partial charge >= 0.3 is 11.9 Å². The van der Waals surface area contributed by atoms with Crippen molar-refractivity contribution in [3.63, 3.8) is 0 Å². The number of rotatable bonds is 11. The Balaban J connectivity index is 5.12. The summed E-state index contributed by atoms with van der Waals surface area (Å²) in [4.78, 5) is 23.1. The van der Waals surface area contributed by atoms with Crippen LogP contribution in [0.2, 0.25) is 0 Å². The minimum atomic E-state index is -1.06. The molecule has 0 aromatic carbocycles. The fraction of sp³-hybridized carbons (Fsp3) is 0.684. The van der Waals surface area contributed by atoms with Gasteiger partial charge in [-0.1, -0.05) is 47.8 Å². The molecule has 138 valence electrons. The summed E-state index contributed by atoms with van der Waals surface area (Å²) in [6.45, 7) is 19.5. The lowest BCUT2D eigenvalue weighted by Crippen LogP contribution is -2.52. The second-order valence-corrected chi connectivity index (χ2v) is 7.56. The van der Waals surface area contributed by atoms with Gasteiger partial charge in [-0.05, 0) is 18.8 Å². The van der Waals surface area contributed by atoms with Gasteiger partial charge in [0.25, 0.3) is 0 Å². The van der Waals surface area contributed by atoms with Gasteiger partial charge in [-0.3, -0.25) is 0 Å². The van der Waals surface area contributed by atoms with Crippen LogP contribution in [0.1, 0.15) is 48.0 Å². The van der Waals surface area contributed by atoms with E-state index in [1.165, 1.54) is 0 Å². The van der Waals surface area contributed by atoms with Crippen molar-refractivity contribution in [3.8, 4) is 0 Å². The first-order valence-electron chi connectivity index (χ1n) is 8.15. The quantitative estimate of drug-likeness (QED) is 0.424. The summed E-state index contributed by atoms with van der Waals surface area (Å²) in [5.74, 6) is -1.14. The van der Waals surface area contributed by atoms with Crippen LogP contribution in [0.5, 0.6) is 0 Å². The first kappa shape index (κ1) is 22.4. The molecule has 0 amide bonds. The van der Waals surface area contributed by atoms with Gasteiger partial charge in [0.15, 0.2) is 5.60 Å². The summed E-state index contributed by atoms with van der Waals surface area (Å²) < 4.78 is 16.5. The van der Waals surface area contributed by atoms with Gasteiger partial charge in [0, 0.05) is 17.6 Å². The molecular formula is C19H32O5. The van der Waals surface area contributed by atoms with Crippen LogP contribution in [0.25, 0.3) is 0 Å². The SMILES string of the molecule is C=CC(=O)OCC(C)(OC(=O)C=C)C(C)(C)COCC(C)(C)CC. The number of ether oxygens (including phenoxy) is 3. The van der Waals surface area contributed by atoms with Crippen molar-refractivity contribution >= 4 is 11.9 Å². The molecule has 1 atom stereocenters. The monoisotopic (exact) mass is 340 g/mol. The van der Waals surface area contributed by atoms with E-state index in [0.717, 1.165) is 18.6 Å². The Morgan fingerprint density at radius 3 is 1.92 bits per heavy atom. The smallest absolute Gasteiger partial charge is 0.330 e. The topological polar surface area (TPSA) is 61.8 Å². The van der Waals surface area contributed by atoms with Crippen LogP contribution in [0.3, 0.4) is 0 Å². The average molecular weight is 340 g/mol. The first-order chi connectivity index (χ1) is 10.9. The van der Waals surface area contributed by atoms with Gasteiger partial charge in [-0.25, -0.2) is 9.59 Å². The molecule has 0 saturated heterocycles. The lowest BCUT2D eigenvalue weighted by molar-refractivity contribution is -0.188. The van der Waals surface area contributed by atoms with Gasteiger partial charge in [0.05, 0.1) is 13.2 Å². The van der Waals surface area contributed by atoms with E-state index >= 15 is 0 Å². The molecule has 0 N–H and O–H groups in total. The maximum Gasteiger partial charge on any atom is 0.330 e. The zero-order valence-electron chi connectivity index (χ0n) is 15.9. The van der Waals surface area contributed by atoms with Crippen molar-refractivity contribution in [2.45, 2.75) is 53.6 Å². The minimum Gasteiger partial charge on any atom is -0.458 e. The van der Waals surface area contributed by atoms with Gasteiger partial charge < -0.3 is 14.2 Å². The van der Waals surface area contributed by atoms with Crippen molar-refractivity contribution < 1.29 is 23.8 Å². The molecule has 1 unspecified atom stereocenters. The molecule has 5 heteroatoms. The third-order valence-electron chi connectivity index (χ3n) is 4.49. The Hall–Kier alpha value is -1.62. The highest BCUT2D eigenvalue weighted by molar-refractivity contribution is 5.82. The highest BCUT2D eigenvalue weighted by Gasteiger charge is 2.46. The minimum absolute atomic E-state index is 0.0690. The normalized spacial score (nSPS) is 14.4. The maximum atomic E-state index is 11.7. The average Bonchev–Trinajstić information content (AvgIpc) is 2.51. The first-order valence-corrected chi connectivity index (χ1v) is 8.15. The summed E-state index contributed by atoms with van der Waals surface area (Å²) >= 11 is 0. The van der Waals surface area contributed by atoms with Crippen molar-refractivity contribution in [2.75, 3.05) is 19.8 Å². The van der Waals surface area contributed by atoms with Crippen molar-refractivity contribution in [2.24, 2.45) is 10.8 Å². The van der Waals surface area contributed by atoms with E-state index in [1.807, 2.05) is 13.8 Å². The number of hydrogen-bond acceptors (Lipinski definition) is 5. The molecule has 5 nitrogen and oxygen atoms in total. The van der Waals surface area contributed by atoms with Crippen LogP contribution < -0.4 is 0 Å². The molecule has 0 heterocycles. The van der Waals surface area contributed by atoms with Gasteiger partial charge in [0.1, 0.15) is 6.61 Å². The van der Waals surface area contributed by atoms with E-state index in [1.54, 1.807) is 6.92 Å². The van der Waals surface area contributed by atoms with Gasteiger partial charge in [0.2, 0.25) is 0 Å². The van der Waals surface area contributed by atoms with Crippen molar-refractivity contribution in [1.29, 1.82) is 0 Å². The summed E-state index contributed by atoms with van der Waals surface area (Å²) in [7, 11) is 0. The molecule has 0 rings (SSSR count). The van der Waals surface area contributed by atoms with Crippen LogP contribution >= 0.6 is 0 Å². The van der Waals surface area contributed by atoms with Crippen molar-refractivity contribution in [3.05, 3.63) is 25.3 Å². The zero-order valence-corrected chi connectivity index (χ0v) is 15.9. The summed E-state index contributed by atoms with van der Waals surface area (Å²) in [5.41, 5.74) is -1.58. The Labute approximate surface area is 146 Å². The maximum absolute atomic E-state index is 11.7. The molecule has 0 aliphatic carbocycles. The van der Waals surface area contributed by atoms with Crippen LogP contribution in [0.4, 0.5) is 0 Å². The highest BCUT2D eigenvalue weighted by Crippen LogP contribution is 2.36. The molecule has 0 spiro atoms. The van der Waals surface area contributed by atoms with Crippen LogP contribution in [0.15, 0.2) is 25.3 Å². The largest absolute Gasteiger partial charge is 0.458 e. The predicted octanol–water partition coefficient (Wildman–Crippen LogP) is 3.68. The zero-order chi connectivity index (χ0) is 19.0. The summed E-state index contributed by atoms with van der Waals surface area (Å²) in [6, 6.07) is 0. The number of hydrogen-bond donors (Lipinski definition) is 0. The fourth-order valence-corrected chi connectivity index (χ4v) is 1.73. The highest BCUT2D eigenvalue weighted by atomic mass is 16.6. The number of esters is 2. The van der Waals surface area contributed by atoms with Crippen LogP contribution in [-0.2, 0) is 23.8 Å². The Morgan fingerprint density at radius 2 is 1.46 bits per heavy atom. The Morgan fingerprint density at radius 1 is 0.917 bits per heavy atom. The summed E-state index contributed by atoms with van der Waals surface area (Å²) in [5, 5.41) is 0. The Bertz CT molecular complexity index is 464. The van der Waals surface area contributed by atoms with E-state index in [4.69, 9.17) is 14.2 Å². The second-order valence-electron chi connectivity index (χ2n) is 7.56. The molecule has 0 aromatic heterocycles. The molecule has 0 aliphatic heterocycles. The molecule has 0 fully saturated rings. The fourth-order valence-electron chi connectivity index (χ4n) is 1.73. The van der Waals surface area contributed by atoms with E-state index in [9.17, 15) is 9.59 Å². The molecule has 0 bridgehead atoms. The van der Waals surface area contributed by atoms with E-state index < -0.39 is 23.0 Å². The van der Waals surface area contributed by atoms with Crippen molar-refractivity contribution in [1.82, 2.24) is 0 Å². The standard InChI is InChI=1S/C19H32O5/c1-9-15(20)23-14-19(8,24-16(21)10-2)18(6,7)13-22-12-17(4,5)11-3/h9-10H,1-2,11-14H2,3-8H3. The van der Waals surface area contributed by atoms with Crippen LogP contribution in [0, 0.1) is 10.8 Å². The van der Waals surface area contributed by atoms with Gasteiger partial charge in [-0.15, -0.1) is 0 Å². The molecule has 0 saturated carbocycles. The number of carbonyl (C=O) groups excluding carboxylic acids is 2. The molecule has 0 radical (unpaired) electrons. The molecule has 0 aliphatic rings. The predicted molar refractivity (Wildman–Crippen MR) is 94.5 cm³/mol. The molecular weight excluding hydrogens is 308 g/mol. The lowest BCUT2D eigenvalue weighted by atomic mass is 9.76.